The molecule has 0 saturated carbocycles. The monoisotopic (exact) mass is 264 g/mol. The van der Waals surface area contributed by atoms with Crippen molar-refractivity contribution >= 4 is 17.2 Å². The molecule has 1 atom stereocenters. The number of carbonyl (C=O) groups excluding carboxylic acids is 1. The van der Waals surface area contributed by atoms with E-state index in [0.717, 1.165) is 18.5 Å². The number of hydrogen-bond donors (Lipinski definition) is 0. The molecule has 0 aliphatic rings. The van der Waals surface area contributed by atoms with Crippen LogP contribution < -0.4 is 4.90 Å². The lowest BCUT2D eigenvalue weighted by molar-refractivity contribution is -0.385. The molecule has 0 bridgehead atoms. The summed E-state index contributed by atoms with van der Waals surface area (Å²) < 4.78 is 0. The molecule has 0 aliphatic heterocycles. The van der Waals surface area contributed by atoms with E-state index in [0.29, 0.717) is 6.04 Å². The van der Waals surface area contributed by atoms with Crippen molar-refractivity contribution in [2.24, 2.45) is 0 Å². The zero-order valence-corrected chi connectivity index (χ0v) is 11.8. The number of ketones is 1. The summed E-state index contributed by atoms with van der Waals surface area (Å²) in [5.41, 5.74) is 0.864. The molecule has 5 heteroatoms. The molecular weight excluding hydrogens is 244 g/mol. The van der Waals surface area contributed by atoms with E-state index in [1.807, 2.05) is 11.9 Å². The Morgan fingerprint density at radius 2 is 2.11 bits per heavy atom. The lowest BCUT2D eigenvalue weighted by atomic mass is 10.1. The van der Waals surface area contributed by atoms with Gasteiger partial charge in [0.05, 0.1) is 10.5 Å². The van der Waals surface area contributed by atoms with Crippen molar-refractivity contribution in [1.82, 2.24) is 0 Å². The molecule has 0 N–H and O–H groups in total. The Bertz CT molecular complexity index is 486. The minimum Gasteiger partial charge on any atom is -0.372 e. The molecule has 1 aromatic carbocycles. The maximum atomic E-state index is 11.5. The fourth-order valence-corrected chi connectivity index (χ4v) is 2.05. The molecule has 0 aromatic heterocycles. The van der Waals surface area contributed by atoms with Crippen molar-refractivity contribution in [3.8, 4) is 0 Å². The first-order valence-electron chi connectivity index (χ1n) is 6.40. The Labute approximate surface area is 113 Å². The van der Waals surface area contributed by atoms with Crippen molar-refractivity contribution in [3.63, 3.8) is 0 Å². The summed E-state index contributed by atoms with van der Waals surface area (Å²) in [5.74, 6) is -0.287. The second kappa shape index (κ2) is 6.31. The quantitative estimate of drug-likeness (QED) is 0.448. The second-order valence-electron chi connectivity index (χ2n) is 4.76. The number of nitro groups is 1. The minimum absolute atomic E-state index is 0.132. The number of benzene rings is 1. The third-order valence-electron chi connectivity index (χ3n) is 3.33. The average molecular weight is 264 g/mol. The van der Waals surface area contributed by atoms with Crippen LogP contribution in [0.4, 0.5) is 11.4 Å². The highest BCUT2D eigenvalue weighted by Crippen LogP contribution is 2.26. The van der Waals surface area contributed by atoms with Crippen molar-refractivity contribution in [2.75, 3.05) is 11.9 Å². The number of Topliss-reactive ketones (excluding diaryl/α,β-unsaturated/α-hetero) is 1. The van der Waals surface area contributed by atoms with Gasteiger partial charge < -0.3 is 4.90 Å². The molecule has 0 fully saturated rings. The van der Waals surface area contributed by atoms with Crippen LogP contribution in [0.15, 0.2) is 18.2 Å². The van der Waals surface area contributed by atoms with Gasteiger partial charge in [0.1, 0.15) is 0 Å². The van der Waals surface area contributed by atoms with Gasteiger partial charge in [-0.25, -0.2) is 0 Å². The summed E-state index contributed by atoms with van der Waals surface area (Å²) in [5, 5.41) is 10.9. The highest BCUT2D eigenvalue weighted by molar-refractivity contribution is 5.99. The van der Waals surface area contributed by atoms with E-state index in [9.17, 15) is 14.9 Å². The van der Waals surface area contributed by atoms with Gasteiger partial charge in [-0.15, -0.1) is 0 Å². The molecule has 0 heterocycles. The van der Waals surface area contributed by atoms with Crippen molar-refractivity contribution < 1.29 is 9.72 Å². The number of anilines is 1. The van der Waals surface area contributed by atoms with E-state index in [1.54, 1.807) is 12.1 Å². The molecule has 0 amide bonds. The maximum Gasteiger partial charge on any atom is 0.280 e. The number of nitrogens with zero attached hydrogens (tertiary/aromatic N) is 2. The zero-order valence-electron chi connectivity index (χ0n) is 11.8. The van der Waals surface area contributed by atoms with Crippen LogP contribution in [0.25, 0.3) is 0 Å². The van der Waals surface area contributed by atoms with Crippen LogP contribution in [0.3, 0.4) is 0 Å². The van der Waals surface area contributed by atoms with Crippen LogP contribution in [-0.2, 0) is 0 Å². The van der Waals surface area contributed by atoms with Crippen LogP contribution in [-0.4, -0.2) is 23.8 Å². The first-order valence-corrected chi connectivity index (χ1v) is 6.40. The highest BCUT2D eigenvalue weighted by atomic mass is 16.6. The van der Waals surface area contributed by atoms with E-state index < -0.39 is 4.92 Å². The zero-order chi connectivity index (χ0) is 14.6. The number of rotatable bonds is 6. The number of nitro benzene ring substituents is 1. The lowest BCUT2D eigenvalue weighted by Gasteiger charge is -2.27. The molecule has 19 heavy (non-hydrogen) atoms. The van der Waals surface area contributed by atoms with Gasteiger partial charge in [-0.1, -0.05) is 13.3 Å². The van der Waals surface area contributed by atoms with Gasteiger partial charge in [0, 0.05) is 24.8 Å². The summed E-state index contributed by atoms with van der Waals surface area (Å²) in [6.07, 6.45) is 2.10. The van der Waals surface area contributed by atoms with Gasteiger partial charge in [-0.3, -0.25) is 14.9 Å². The first kappa shape index (κ1) is 15.1. The molecule has 1 unspecified atom stereocenters. The number of carbonyl (C=O) groups is 1. The first-order chi connectivity index (χ1) is 8.88. The average Bonchev–Trinajstić information content (AvgIpc) is 2.37. The Balaban J connectivity index is 3.15. The van der Waals surface area contributed by atoms with Gasteiger partial charge in [-0.2, -0.15) is 0 Å². The van der Waals surface area contributed by atoms with Crippen LogP contribution in [0.5, 0.6) is 0 Å². The molecule has 104 valence electrons. The van der Waals surface area contributed by atoms with Crippen molar-refractivity contribution in [1.29, 1.82) is 0 Å². The van der Waals surface area contributed by atoms with Crippen LogP contribution in [0, 0.1) is 10.1 Å². The summed E-state index contributed by atoms with van der Waals surface area (Å²) in [4.78, 5) is 23.9. The van der Waals surface area contributed by atoms with E-state index in [4.69, 9.17) is 0 Å². The summed E-state index contributed by atoms with van der Waals surface area (Å²) in [6, 6.07) is 5.02. The normalized spacial score (nSPS) is 12.0. The summed E-state index contributed by atoms with van der Waals surface area (Å²) in [6.45, 7) is 5.56. The SMILES string of the molecule is CCCC(C)N(C)c1ccc([N+](=O)[O-])c(C(C)=O)c1. The molecule has 0 saturated heterocycles. The predicted octanol–water partition coefficient (Wildman–Crippen LogP) is 3.42. The van der Waals surface area contributed by atoms with Crippen LogP contribution in [0.2, 0.25) is 0 Å². The molecule has 1 aromatic rings. The topological polar surface area (TPSA) is 63.4 Å². The third-order valence-corrected chi connectivity index (χ3v) is 3.33. The molecule has 0 aliphatic carbocycles. The van der Waals surface area contributed by atoms with E-state index in [1.165, 1.54) is 13.0 Å². The van der Waals surface area contributed by atoms with Gasteiger partial charge in [0.15, 0.2) is 5.78 Å². The van der Waals surface area contributed by atoms with E-state index >= 15 is 0 Å². The molecule has 5 nitrogen and oxygen atoms in total. The number of hydrogen-bond acceptors (Lipinski definition) is 4. The fourth-order valence-electron chi connectivity index (χ4n) is 2.05. The Morgan fingerprint density at radius 1 is 1.47 bits per heavy atom. The van der Waals surface area contributed by atoms with E-state index in [2.05, 4.69) is 13.8 Å². The predicted molar refractivity (Wildman–Crippen MR) is 75.9 cm³/mol. The van der Waals surface area contributed by atoms with Gasteiger partial charge >= 0.3 is 0 Å². The summed E-state index contributed by atoms with van der Waals surface area (Å²) in [7, 11) is 1.94. The molecule has 0 radical (unpaired) electrons. The molecule has 1 rings (SSSR count). The van der Waals surface area contributed by atoms with Gasteiger partial charge in [0.2, 0.25) is 0 Å². The van der Waals surface area contributed by atoms with Crippen LogP contribution in [0.1, 0.15) is 44.0 Å². The Hall–Kier alpha value is -1.91. The maximum absolute atomic E-state index is 11.5. The van der Waals surface area contributed by atoms with Crippen molar-refractivity contribution in [3.05, 3.63) is 33.9 Å². The fraction of sp³-hybridized carbons (Fsp3) is 0.500. The smallest absolute Gasteiger partial charge is 0.280 e. The standard InChI is InChI=1S/C14H20N2O3/c1-5-6-10(2)15(4)12-7-8-14(16(18)19)13(9-12)11(3)17/h7-10H,5-6H2,1-4H3. The largest absolute Gasteiger partial charge is 0.372 e. The van der Waals surface area contributed by atoms with Gasteiger partial charge in [0.25, 0.3) is 5.69 Å². The Morgan fingerprint density at radius 3 is 2.58 bits per heavy atom. The third kappa shape index (κ3) is 3.53. The van der Waals surface area contributed by atoms with Gasteiger partial charge in [-0.05, 0) is 32.4 Å². The lowest BCUT2D eigenvalue weighted by Crippen LogP contribution is -2.28. The Kier molecular flexibility index (Phi) is 5.03. The van der Waals surface area contributed by atoms with Crippen molar-refractivity contribution in [2.45, 2.75) is 39.7 Å². The second-order valence-corrected chi connectivity index (χ2v) is 4.76. The minimum atomic E-state index is -0.518. The highest BCUT2D eigenvalue weighted by Gasteiger charge is 2.19. The van der Waals surface area contributed by atoms with E-state index in [-0.39, 0.29) is 17.0 Å². The molecular formula is C14H20N2O3. The summed E-state index contributed by atoms with van der Waals surface area (Å²) >= 11 is 0. The van der Waals surface area contributed by atoms with Crippen LogP contribution >= 0.6 is 0 Å². The molecule has 0 spiro atoms.